The quantitative estimate of drug-likeness (QED) is 0.794. The summed E-state index contributed by atoms with van der Waals surface area (Å²) in [7, 11) is 1.60. The smallest absolute Gasteiger partial charge is 0.157 e. The third-order valence-electron chi connectivity index (χ3n) is 2.39. The van der Waals surface area contributed by atoms with Crippen molar-refractivity contribution >= 4 is 23.6 Å². The van der Waals surface area contributed by atoms with Crippen molar-refractivity contribution in [2.45, 2.75) is 0 Å². The van der Waals surface area contributed by atoms with Crippen LogP contribution in [0.2, 0.25) is 0 Å². The highest BCUT2D eigenvalue weighted by Gasteiger charge is 2.08. The maximum absolute atomic E-state index is 10.9. The molecular weight excluding hydrogens is 232 g/mol. The molecule has 18 heavy (non-hydrogen) atoms. The van der Waals surface area contributed by atoms with E-state index in [9.17, 15) is 4.79 Å². The number of nitrogen functional groups attached to an aromatic ring is 1. The number of carbonyl (C=O) groups is 1. The highest BCUT2D eigenvalue weighted by atomic mass is 16.5. The van der Waals surface area contributed by atoms with E-state index in [1.54, 1.807) is 19.2 Å². The monoisotopic (exact) mass is 244 g/mol. The fourth-order valence-corrected chi connectivity index (χ4v) is 1.44. The van der Waals surface area contributed by atoms with Gasteiger partial charge < -0.3 is 15.8 Å². The SMILES string of the molecule is COc1ccc(Nc2ncnc(N)c2C=O)cc1. The molecule has 2 aromatic rings. The average molecular weight is 244 g/mol. The number of benzene rings is 1. The lowest BCUT2D eigenvalue weighted by Gasteiger charge is -2.09. The number of ether oxygens (including phenoxy) is 1. The molecule has 0 aliphatic carbocycles. The van der Waals surface area contributed by atoms with Crippen LogP contribution in [0.4, 0.5) is 17.3 Å². The molecule has 0 aliphatic rings. The van der Waals surface area contributed by atoms with Crippen LogP contribution in [-0.2, 0) is 0 Å². The first-order valence-electron chi connectivity index (χ1n) is 5.21. The van der Waals surface area contributed by atoms with E-state index in [0.717, 1.165) is 11.4 Å². The maximum atomic E-state index is 10.9. The molecule has 3 N–H and O–H groups in total. The van der Waals surface area contributed by atoms with Gasteiger partial charge in [0.1, 0.15) is 23.7 Å². The van der Waals surface area contributed by atoms with Gasteiger partial charge in [-0.2, -0.15) is 0 Å². The summed E-state index contributed by atoms with van der Waals surface area (Å²) in [6.07, 6.45) is 1.93. The molecule has 6 nitrogen and oxygen atoms in total. The van der Waals surface area contributed by atoms with Crippen molar-refractivity contribution < 1.29 is 9.53 Å². The van der Waals surface area contributed by atoms with Crippen LogP contribution in [0, 0.1) is 0 Å². The lowest BCUT2D eigenvalue weighted by Crippen LogP contribution is -2.04. The van der Waals surface area contributed by atoms with Crippen LogP contribution in [0.3, 0.4) is 0 Å². The Labute approximate surface area is 104 Å². The minimum Gasteiger partial charge on any atom is -0.497 e. The fraction of sp³-hybridized carbons (Fsp3) is 0.0833. The average Bonchev–Trinajstić information content (AvgIpc) is 2.40. The van der Waals surface area contributed by atoms with Crippen LogP contribution in [0.15, 0.2) is 30.6 Å². The van der Waals surface area contributed by atoms with E-state index in [1.165, 1.54) is 6.33 Å². The molecular formula is C12H12N4O2. The van der Waals surface area contributed by atoms with Crippen LogP contribution in [0.25, 0.3) is 0 Å². The second kappa shape index (κ2) is 5.13. The Bertz CT molecular complexity index is 555. The Hall–Kier alpha value is -2.63. The van der Waals surface area contributed by atoms with E-state index in [0.29, 0.717) is 12.1 Å². The molecule has 1 aromatic heterocycles. The standard InChI is InChI=1S/C12H12N4O2/c1-18-9-4-2-8(3-5-9)16-12-10(6-17)11(13)14-7-15-12/h2-7H,1H3,(H3,13,14,15,16). The number of nitrogens with zero attached hydrogens (tertiary/aromatic N) is 2. The van der Waals surface area contributed by atoms with Gasteiger partial charge in [-0.15, -0.1) is 0 Å². The van der Waals surface area contributed by atoms with E-state index in [-0.39, 0.29) is 11.4 Å². The van der Waals surface area contributed by atoms with E-state index >= 15 is 0 Å². The van der Waals surface area contributed by atoms with Gasteiger partial charge in [0.15, 0.2) is 6.29 Å². The molecule has 0 saturated carbocycles. The van der Waals surface area contributed by atoms with Gasteiger partial charge in [0, 0.05) is 5.69 Å². The minimum atomic E-state index is 0.149. The molecule has 0 atom stereocenters. The molecule has 0 bridgehead atoms. The Morgan fingerprint density at radius 1 is 1.28 bits per heavy atom. The van der Waals surface area contributed by atoms with Crippen molar-refractivity contribution in [2.75, 3.05) is 18.2 Å². The number of hydrogen-bond donors (Lipinski definition) is 2. The summed E-state index contributed by atoms with van der Waals surface area (Å²) in [5, 5.41) is 3.00. The van der Waals surface area contributed by atoms with Gasteiger partial charge in [0.2, 0.25) is 0 Å². The number of aromatic nitrogens is 2. The molecule has 0 amide bonds. The van der Waals surface area contributed by atoms with Gasteiger partial charge in [0.05, 0.1) is 12.7 Å². The predicted octanol–water partition coefficient (Wildman–Crippen LogP) is 1.62. The second-order valence-electron chi connectivity index (χ2n) is 3.49. The first-order valence-corrected chi connectivity index (χ1v) is 5.21. The van der Waals surface area contributed by atoms with Crippen molar-refractivity contribution in [2.24, 2.45) is 0 Å². The van der Waals surface area contributed by atoms with Crippen molar-refractivity contribution in [3.63, 3.8) is 0 Å². The maximum Gasteiger partial charge on any atom is 0.157 e. The van der Waals surface area contributed by atoms with E-state index < -0.39 is 0 Å². The molecule has 0 saturated heterocycles. The number of nitrogens with two attached hydrogens (primary N) is 1. The zero-order valence-corrected chi connectivity index (χ0v) is 9.75. The van der Waals surface area contributed by atoms with Crippen molar-refractivity contribution in [1.82, 2.24) is 9.97 Å². The van der Waals surface area contributed by atoms with Crippen molar-refractivity contribution in [3.8, 4) is 5.75 Å². The number of carbonyl (C=O) groups excluding carboxylic acids is 1. The Kier molecular flexibility index (Phi) is 3.38. The van der Waals surface area contributed by atoms with Gasteiger partial charge in [-0.1, -0.05) is 0 Å². The number of nitrogens with one attached hydrogen (secondary N) is 1. The third kappa shape index (κ3) is 2.37. The Morgan fingerprint density at radius 3 is 2.61 bits per heavy atom. The van der Waals surface area contributed by atoms with E-state index in [2.05, 4.69) is 15.3 Å². The molecule has 6 heteroatoms. The van der Waals surface area contributed by atoms with Crippen LogP contribution in [0.5, 0.6) is 5.75 Å². The molecule has 92 valence electrons. The lowest BCUT2D eigenvalue weighted by atomic mass is 10.2. The summed E-state index contributed by atoms with van der Waals surface area (Å²) in [6, 6.07) is 7.22. The summed E-state index contributed by atoms with van der Waals surface area (Å²) in [6.45, 7) is 0. The normalized spacial score (nSPS) is 9.83. The Balaban J connectivity index is 2.28. The topological polar surface area (TPSA) is 90.1 Å². The van der Waals surface area contributed by atoms with Gasteiger partial charge in [-0.25, -0.2) is 9.97 Å². The molecule has 1 aromatic carbocycles. The summed E-state index contributed by atoms with van der Waals surface area (Å²) in [5.41, 5.74) is 6.61. The highest BCUT2D eigenvalue weighted by Crippen LogP contribution is 2.21. The Morgan fingerprint density at radius 2 is 2.00 bits per heavy atom. The molecule has 0 fully saturated rings. The molecule has 0 aliphatic heterocycles. The van der Waals surface area contributed by atoms with Crippen LogP contribution in [-0.4, -0.2) is 23.4 Å². The van der Waals surface area contributed by atoms with Crippen LogP contribution in [0.1, 0.15) is 10.4 Å². The molecule has 0 unspecified atom stereocenters. The zero-order valence-electron chi connectivity index (χ0n) is 9.75. The zero-order chi connectivity index (χ0) is 13.0. The van der Waals surface area contributed by atoms with Gasteiger partial charge in [-0.05, 0) is 24.3 Å². The van der Waals surface area contributed by atoms with E-state index in [4.69, 9.17) is 10.5 Å². The van der Waals surface area contributed by atoms with Gasteiger partial charge in [-0.3, -0.25) is 4.79 Å². The summed E-state index contributed by atoms with van der Waals surface area (Å²) >= 11 is 0. The molecule has 0 spiro atoms. The third-order valence-corrected chi connectivity index (χ3v) is 2.39. The highest BCUT2D eigenvalue weighted by molar-refractivity contribution is 5.89. The second-order valence-corrected chi connectivity index (χ2v) is 3.49. The summed E-state index contributed by atoms with van der Waals surface area (Å²) in [5.74, 6) is 1.28. The van der Waals surface area contributed by atoms with Crippen molar-refractivity contribution in [1.29, 1.82) is 0 Å². The number of anilines is 3. The van der Waals surface area contributed by atoms with Crippen LogP contribution < -0.4 is 15.8 Å². The molecule has 0 radical (unpaired) electrons. The molecule has 2 rings (SSSR count). The number of methoxy groups -OCH3 is 1. The first kappa shape index (κ1) is 11.8. The summed E-state index contributed by atoms with van der Waals surface area (Å²) < 4.78 is 5.05. The lowest BCUT2D eigenvalue weighted by molar-refractivity contribution is 0.112. The number of rotatable bonds is 4. The minimum absolute atomic E-state index is 0.149. The van der Waals surface area contributed by atoms with E-state index in [1.807, 2.05) is 12.1 Å². The van der Waals surface area contributed by atoms with Gasteiger partial charge in [0.25, 0.3) is 0 Å². The fourth-order valence-electron chi connectivity index (χ4n) is 1.44. The van der Waals surface area contributed by atoms with Crippen LogP contribution >= 0.6 is 0 Å². The summed E-state index contributed by atoms with van der Waals surface area (Å²) in [4.78, 5) is 18.7. The molecule has 1 heterocycles. The van der Waals surface area contributed by atoms with Gasteiger partial charge >= 0.3 is 0 Å². The predicted molar refractivity (Wildman–Crippen MR) is 68.1 cm³/mol. The number of aldehydes is 1. The van der Waals surface area contributed by atoms with Crippen molar-refractivity contribution in [3.05, 3.63) is 36.2 Å². The number of hydrogen-bond acceptors (Lipinski definition) is 6. The largest absolute Gasteiger partial charge is 0.497 e. The first-order chi connectivity index (χ1) is 8.74.